The summed E-state index contributed by atoms with van der Waals surface area (Å²) in [6, 6.07) is 0. The monoisotopic (exact) mass is 377 g/mol. The third kappa shape index (κ3) is 4.16. The highest BCUT2D eigenvalue weighted by Gasteiger charge is 2.51. The molecule has 4 atom stereocenters. The zero-order chi connectivity index (χ0) is 19.7. The fourth-order valence-electron chi connectivity index (χ4n) is 5.57. The molecule has 3 fully saturated rings. The van der Waals surface area contributed by atoms with Gasteiger partial charge < -0.3 is 4.90 Å². The highest BCUT2D eigenvalue weighted by Crippen LogP contribution is 2.58. The third-order valence-corrected chi connectivity index (χ3v) is 8.13. The minimum absolute atomic E-state index is 0.0346. The molecule has 0 radical (unpaired) electrons. The molecule has 1 amide bonds. The van der Waals surface area contributed by atoms with Crippen LogP contribution in [-0.4, -0.2) is 54.2 Å². The molecule has 3 rings (SSSR count). The second-order valence-corrected chi connectivity index (χ2v) is 9.87. The van der Waals surface area contributed by atoms with Crippen molar-refractivity contribution in [1.82, 2.24) is 9.80 Å². The molecule has 3 aliphatic rings. The van der Waals surface area contributed by atoms with E-state index < -0.39 is 12.3 Å². The molecule has 2 saturated heterocycles. The van der Waals surface area contributed by atoms with Gasteiger partial charge in [-0.25, -0.2) is 11.0 Å². The first kappa shape index (κ1) is 20.6. The standard InChI is InChI=1S/C22H36FN3O/c1-21(2)17(15-25-12-6-5-7-13-25)8-10-22(21,3)11-9-20(27)26-16-18(23)14-19(26)24-4/h17-19H,5-16H2,1-3H3/t17-,18-,19-,22+/m0/s1. The molecule has 1 saturated carbocycles. The van der Waals surface area contributed by atoms with Crippen LogP contribution in [0.5, 0.6) is 0 Å². The SMILES string of the molecule is [C-]#[N+][C@@H]1C[C@H](F)CN1C(=O)CC[C@@]1(C)CC[C@@H](CN2CCCCC2)C1(C)C. The number of alkyl halides is 1. The first-order valence-corrected chi connectivity index (χ1v) is 10.8. The number of hydrogen-bond donors (Lipinski definition) is 0. The van der Waals surface area contributed by atoms with E-state index in [0.29, 0.717) is 12.3 Å². The Morgan fingerprint density at radius 3 is 2.59 bits per heavy atom. The van der Waals surface area contributed by atoms with Gasteiger partial charge in [-0.1, -0.05) is 27.2 Å². The first-order valence-electron chi connectivity index (χ1n) is 10.8. The van der Waals surface area contributed by atoms with Crippen molar-refractivity contribution in [2.45, 2.75) is 84.5 Å². The molecule has 152 valence electrons. The molecular weight excluding hydrogens is 341 g/mol. The lowest BCUT2D eigenvalue weighted by Crippen LogP contribution is -2.42. The summed E-state index contributed by atoms with van der Waals surface area (Å²) in [5.41, 5.74) is 0.323. The largest absolute Gasteiger partial charge is 0.303 e. The summed E-state index contributed by atoms with van der Waals surface area (Å²) in [5, 5.41) is 0. The van der Waals surface area contributed by atoms with E-state index in [2.05, 4.69) is 30.5 Å². The predicted octanol–water partition coefficient (Wildman–Crippen LogP) is 4.51. The van der Waals surface area contributed by atoms with Gasteiger partial charge in [0.2, 0.25) is 5.91 Å². The minimum atomic E-state index is -1.04. The van der Waals surface area contributed by atoms with Crippen LogP contribution in [0.1, 0.15) is 72.1 Å². The van der Waals surface area contributed by atoms with Gasteiger partial charge in [-0.2, -0.15) is 0 Å². The summed E-state index contributed by atoms with van der Waals surface area (Å²) in [7, 11) is 0. The second kappa shape index (κ2) is 8.07. The quantitative estimate of drug-likeness (QED) is 0.659. The Morgan fingerprint density at radius 1 is 1.22 bits per heavy atom. The summed E-state index contributed by atoms with van der Waals surface area (Å²) in [6.45, 7) is 18.1. The topological polar surface area (TPSA) is 27.9 Å². The van der Waals surface area contributed by atoms with E-state index in [1.54, 1.807) is 0 Å². The van der Waals surface area contributed by atoms with Crippen molar-refractivity contribution < 1.29 is 9.18 Å². The van der Waals surface area contributed by atoms with Crippen LogP contribution in [0, 0.1) is 23.3 Å². The van der Waals surface area contributed by atoms with Gasteiger partial charge in [-0.05, 0) is 61.9 Å². The first-order chi connectivity index (χ1) is 12.8. The van der Waals surface area contributed by atoms with E-state index in [4.69, 9.17) is 6.57 Å². The fourth-order valence-corrected chi connectivity index (χ4v) is 5.57. The van der Waals surface area contributed by atoms with Crippen LogP contribution in [0.3, 0.4) is 0 Å². The summed E-state index contributed by atoms with van der Waals surface area (Å²) < 4.78 is 13.6. The number of hydrogen-bond acceptors (Lipinski definition) is 2. The highest BCUT2D eigenvalue weighted by molar-refractivity contribution is 5.77. The van der Waals surface area contributed by atoms with Gasteiger partial charge in [-0.3, -0.25) is 14.5 Å². The van der Waals surface area contributed by atoms with Gasteiger partial charge in [-0.15, -0.1) is 0 Å². The van der Waals surface area contributed by atoms with Crippen LogP contribution in [0.2, 0.25) is 0 Å². The summed E-state index contributed by atoms with van der Waals surface area (Å²) in [6.07, 6.45) is 6.23. The van der Waals surface area contributed by atoms with Crippen LogP contribution < -0.4 is 0 Å². The van der Waals surface area contributed by atoms with E-state index >= 15 is 0 Å². The molecule has 0 unspecified atom stereocenters. The fraction of sp³-hybridized carbons (Fsp3) is 0.909. The molecule has 0 bridgehead atoms. The maximum absolute atomic E-state index is 13.6. The van der Waals surface area contributed by atoms with Gasteiger partial charge in [0.1, 0.15) is 6.17 Å². The number of halogens is 1. The molecule has 0 aromatic heterocycles. The molecule has 0 N–H and O–H groups in total. The van der Waals surface area contributed by atoms with Crippen LogP contribution in [0.25, 0.3) is 4.85 Å². The van der Waals surface area contributed by atoms with E-state index in [1.165, 1.54) is 50.2 Å². The number of likely N-dealkylation sites (tertiary alicyclic amines) is 2. The molecule has 2 heterocycles. The van der Waals surface area contributed by atoms with Crippen molar-refractivity contribution in [3.63, 3.8) is 0 Å². The van der Waals surface area contributed by atoms with E-state index in [0.717, 1.165) is 12.8 Å². The number of carbonyl (C=O) groups is 1. The van der Waals surface area contributed by atoms with E-state index in [-0.39, 0.29) is 29.7 Å². The Bertz CT molecular complexity index is 581. The molecule has 4 nitrogen and oxygen atoms in total. The Morgan fingerprint density at radius 2 is 1.93 bits per heavy atom. The maximum Gasteiger partial charge on any atom is 0.303 e. The zero-order valence-electron chi connectivity index (χ0n) is 17.3. The van der Waals surface area contributed by atoms with Crippen LogP contribution in [0.4, 0.5) is 4.39 Å². The number of amides is 1. The van der Waals surface area contributed by atoms with Crippen molar-refractivity contribution in [2.24, 2.45) is 16.7 Å². The van der Waals surface area contributed by atoms with Crippen molar-refractivity contribution in [3.8, 4) is 0 Å². The van der Waals surface area contributed by atoms with Crippen LogP contribution >= 0.6 is 0 Å². The predicted molar refractivity (Wildman–Crippen MR) is 106 cm³/mol. The van der Waals surface area contributed by atoms with Gasteiger partial charge in [0.25, 0.3) is 0 Å². The van der Waals surface area contributed by atoms with Crippen molar-refractivity contribution in [2.75, 3.05) is 26.2 Å². The number of carbonyl (C=O) groups excluding carboxylic acids is 1. The lowest BCUT2D eigenvalue weighted by Gasteiger charge is -2.44. The molecule has 0 aromatic carbocycles. The molecule has 0 spiro atoms. The number of piperidine rings is 1. The van der Waals surface area contributed by atoms with Gasteiger partial charge >= 0.3 is 6.17 Å². The Kier molecular flexibility index (Phi) is 6.15. The number of rotatable bonds is 5. The second-order valence-electron chi connectivity index (χ2n) is 9.87. The molecule has 27 heavy (non-hydrogen) atoms. The summed E-state index contributed by atoms with van der Waals surface area (Å²) in [5.74, 6) is 0.640. The van der Waals surface area contributed by atoms with Crippen molar-refractivity contribution in [1.29, 1.82) is 0 Å². The molecule has 1 aliphatic carbocycles. The van der Waals surface area contributed by atoms with Gasteiger partial charge in [0.05, 0.1) is 13.0 Å². The number of nitrogens with zero attached hydrogens (tertiary/aromatic N) is 3. The Balaban J connectivity index is 1.57. The average molecular weight is 378 g/mol. The summed E-state index contributed by atoms with van der Waals surface area (Å²) in [4.78, 5) is 20.2. The van der Waals surface area contributed by atoms with Crippen molar-refractivity contribution in [3.05, 3.63) is 11.4 Å². The van der Waals surface area contributed by atoms with Crippen LogP contribution in [-0.2, 0) is 4.79 Å². The van der Waals surface area contributed by atoms with Crippen LogP contribution in [0.15, 0.2) is 0 Å². The average Bonchev–Trinajstić information content (AvgIpc) is 3.13. The normalized spacial score (nSPS) is 36.7. The lowest BCUT2D eigenvalue weighted by molar-refractivity contribution is -0.132. The molecule has 2 aliphatic heterocycles. The minimum Gasteiger partial charge on any atom is -0.303 e. The highest BCUT2D eigenvalue weighted by atomic mass is 19.1. The maximum atomic E-state index is 13.6. The van der Waals surface area contributed by atoms with Crippen molar-refractivity contribution >= 4 is 5.91 Å². The lowest BCUT2D eigenvalue weighted by atomic mass is 9.63. The Labute approximate surface area is 164 Å². The molecular formula is C22H36FN3O. The van der Waals surface area contributed by atoms with Gasteiger partial charge in [0, 0.05) is 13.0 Å². The molecule has 0 aromatic rings. The van der Waals surface area contributed by atoms with E-state index in [9.17, 15) is 9.18 Å². The summed E-state index contributed by atoms with van der Waals surface area (Å²) >= 11 is 0. The molecule has 5 heteroatoms. The zero-order valence-corrected chi connectivity index (χ0v) is 17.3. The Hall–Kier alpha value is -1.15. The van der Waals surface area contributed by atoms with Gasteiger partial charge in [0.15, 0.2) is 0 Å². The smallest absolute Gasteiger partial charge is 0.303 e. The van der Waals surface area contributed by atoms with E-state index in [1.807, 2.05) is 0 Å². The third-order valence-electron chi connectivity index (χ3n) is 8.13.